The molecule has 4 heterocycles. The zero-order valence-electron chi connectivity index (χ0n) is 16.5. The van der Waals surface area contributed by atoms with Crippen LogP contribution < -0.4 is 0 Å². The van der Waals surface area contributed by atoms with Crippen molar-refractivity contribution in [2.45, 2.75) is 42.4 Å². The molecule has 6 heteroatoms. The van der Waals surface area contributed by atoms with Gasteiger partial charge in [0.05, 0.1) is 19.8 Å². The molecule has 0 N–H and O–H groups in total. The van der Waals surface area contributed by atoms with Crippen LogP contribution in [-0.2, 0) is 24.5 Å². The van der Waals surface area contributed by atoms with E-state index in [1.165, 1.54) is 12.1 Å². The molecule has 5 nitrogen and oxygen atoms in total. The lowest BCUT2D eigenvalue weighted by molar-refractivity contribution is -0.216. The van der Waals surface area contributed by atoms with Crippen LogP contribution in [0.2, 0.25) is 0 Å². The molecule has 4 aliphatic rings. The maximum absolute atomic E-state index is 13.6. The standard InChI is InChI=1S/C22H28FNO4/c1-24(2)11-3-8-21(16-4-6-18(23)7-5-16)22-10-9-20(28-22,14-17(22)15-27-21)19-25-12-13-26-19/h4-7,9-10,17,19H,3,8,11-15H2,1-2H3/t17?,20?,21?,22-/m1/s1. The van der Waals surface area contributed by atoms with E-state index in [-0.39, 0.29) is 18.0 Å². The van der Waals surface area contributed by atoms with Crippen LogP contribution in [0.5, 0.6) is 0 Å². The molecule has 0 radical (unpaired) electrons. The largest absolute Gasteiger partial charge is 0.366 e. The van der Waals surface area contributed by atoms with Crippen molar-refractivity contribution in [1.29, 1.82) is 0 Å². The molecule has 0 aliphatic carbocycles. The summed E-state index contributed by atoms with van der Waals surface area (Å²) in [5, 5.41) is 0. The highest BCUT2D eigenvalue weighted by atomic mass is 19.1. The summed E-state index contributed by atoms with van der Waals surface area (Å²) in [4.78, 5) is 2.17. The molecule has 152 valence electrons. The van der Waals surface area contributed by atoms with Crippen molar-refractivity contribution < 1.29 is 23.3 Å². The van der Waals surface area contributed by atoms with Gasteiger partial charge in [-0.1, -0.05) is 18.2 Å². The van der Waals surface area contributed by atoms with Crippen molar-refractivity contribution in [3.8, 4) is 0 Å². The highest BCUT2D eigenvalue weighted by molar-refractivity contribution is 5.41. The minimum absolute atomic E-state index is 0.231. The van der Waals surface area contributed by atoms with Gasteiger partial charge in [-0.15, -0.1) is 0 Å². The van der Waals surface area contributed by atoms with Gasteiger partial charge in [-0.25, -0.2) is 4.39 Å². The molecule has 1 spiro atoms. The van der Waals surface area contributed by atoms with E-state index in [1.54, 1.807) is 0 Å². The van der Waals surface area contributed by atoms with Crippen molar-refractivity contribution in [1.82, 2.24) is 4.90 Å². The van der Waals surface area contributed by atoms with Crippen LogP contribution in [0, 0.1) is 11.7 Å². The average Bonchev–Trinajstić information content (AvgIpc) is 3.43. The van der Waals surface area contributed by atoms with Gasteiger partial charge in [-0.05, 0) is 63.7 Å². The number of nitrogens with zero attached hydrogens (tertiary/aromatic N) is 1. The fraction of sp³-hybridized carbons (Fsp3) is 0.636. The third-order valence-corrected chi connectivity index (χ3v) is 6.77. The third-order valence-electron chi connectivity index (χ3n) is 6.77. The second kappa shape index (κ2) is 6.61. The molecule has 2 bridgehead atoms. The second-order valence-electron chi connectivity index (χ2n) is 8.71. The molecule has 0 amide bonds. The lowest BCUT2D eigenvalue weighted by Crippen LogP contribution is -2.50. The fourth-order valence-electron chi connectivity index (χ4n) is 5.55. The molecule has 28 heavy (non-hydrogen) atoms. The summed E-state index contributed by atoms with van der Waals surface area (Å²) in [5.74, 6) is -0.00893. The summed E-state index contributed by atoms with van der Waals surface area (Å²) in [5.41, 5.74) is -0.760. The zero-order valence-corrected chi connectivity index (χ0v) is 16.5. The van der Waals surface area contributed by atoms with Crippen LogP contribution in [-0.4, -0.2) is 62.9 Å². The first-order chi connectivity index (χ1) is 13.5. The van der Waals surface area contributed by atoms with E-state index in [0.717, 1.165) is 31.4 Å². The minimum Gasteiger partial charge on any atom is -0.366 e. The molecule has 0 saturated carbocycles. The smallest absolute Gasteiger partial charge is 0.190 e. The van der Waals surface area contributed by atoms with Gasteiger partial charge in [0.2, 0.25) is 0 Å². The van der Waals surface area contributed by atoms with Gasteiger partial charge in [0.1, 0.15) is 22.6 Å². The van der Waals surface area contributed by atoms with E-state index in [1.807, 2.05) is 12.1 Å². The first-order valence-corrected chi connectivity index (χ1v) is 10.2. The Morgan fingerprint density at radius 2 is 1.86 bits per heavy atom. The normalized spacial score (nSPS) is 39.4. The van der Waals surface area contributed by atoms with E-state index in [9.17, 15) is 4.39 Å². The monoisotopic (exact) mass is 389 g/mol. The lowest BCUT2D eigenvalue weighted by atomic mass is 9.68. The molecule has 1 aromatic carbocycles. The summed E-state index contributed by atoms with van der Waals surface area (Å²) in [6.45, 7) is 2.78. The van der Waals surface area contributed by atoms with Crippen molar-refractivity contribution in [2.75, 3.05) is 40.5 Å². The molecule has 4 atom stereocenters. The van der Waals surface area contributed by atoms with Crippen LogP contribution in [0.25, 0.3) is 0 Å². The minimum atomic E-state index is -0.630. The highest BCUT2D eigenvalue weighted by Gasteiger charge is 2.73. The van der Waals surface area contributed by atoms with Gasteiger partial charge >= 0.3 is 0 Å². The number of fused-ring (bicyclic) bond motifs is 1. The third kappa shape index (κ3) is 2.55. The quantitative estimate of drug-likeness (QED) is 0.700. The van der Waals surface area contributed by atoms with Crippen LogP contribution in [0.4, 0.5) is 4.39 Å². The van der Waals surface area contributed by atoms with Crippen molar-refractivity contribution in [3.05, 3.63) is 47.8 Å². The van der Waals surface area contributed by atoms with Crippen molar-refractivity contribution in [2.24, 2.45) is 5.92 Å². The van der Waals surface area contributed by atoms with Gasteiger partial charge in [0, 0.05) is 5.92 Å². The summed E-state index contributed by atoms with van der Waals surface area (Å²) in [6.07, 6.45) is 6.53. The molecule has 3 fully saturated rings. The Balaban J connectivity index is 1.52. The topological polar surface area (TPSA) is 40.2 Å². The van der Waals surface area contributed by atoms with Crippen molar-refractivity contribution in [3.63, 3.8) is 0 Å². The highest BCUT2D eigenvalue weighted by Crippen LogP contribution is 2.65. The number of benzene rings is 1. The number of halogens is 1. The molecular formula is C22H28FNO4. The molecule has 0 aromatic heterocycles. The number of ether oxygens (including phenoxy) is 4. The Morgan fingerprint density at radius 3 is 2.57 bits per heavy atom. The van der Waals surface area contributed by atoms with E-state index >= 15 is 0 Å². The van der Waals surface area contributed by atoms with Gasteiger partial charge in [-0.2, -0.15) is 0 Å². The van der Waals surface area contributed by atoms with E-state index in [0.29, 0.717) is 19.8 Å². The predicted octanol–water partition coefficient (Wildman–Crippen LogP) is 2.85. The molecule has 3 saturated heterocycles. The molecule has 5 rings (SSSR count). The van der Waals surface area contributed by atoms with Gasteiger partial charge in [0.25, 0.3) is 0 Å². The van der Waals surface area contributed by atoms with Crippen LogP contribution in [0.1, 0.15) is 24.8 Å². The lowest BCUT2D eigenvalue weighted by Gasteiger charge is -2.42. The molecule has 4 aliphatic heterocycles. The van der Waals surface area contributed by atoms with E-state index in [2.05, 4.69) is 31.1 Å². The first-order valence-electron chi connectivity index (χ1n) is 10.2. The number of hydrogen-bond acceptors (Lipinski definition) is 5. The van der Waals surface area contributed by atoms with E-state index in [4.69, 9.17) is 18.9 Å². The zero-order chi connectivity index (χ0) is 19.4. The number of hydrogen-bond donors (Lipinski definition) is 0. The van der Waals surface area contributed by atoms with Gasteiger partial charge in [0.15, 0.2) is 6.29 Å². The fourth-order valence-corrected chi connectivity index (χ4v) is 5.55. The summed E-state index contributed by atoms with van der Waals surface area (Å²) in [7, 11) is 4.14. The molecule has 1 aromatic rings. The predicted molar refractivity (Wildman–Crippen MR) is 101 cm³/mol. The van der Waals surface area contributed by atoms with Gasteiger partial charge < -0.3 is 23.8 Å². The first kappa shape index (κ1) is 18.7. The van der Waals surface area contributed by atoms with Crippen molar-refractivity contribution >= 4 is 0 Å². The Labute approximate surface area is 165 Å². The van der Waals surface area contributed by atoms with Crippen LogP contribution in [0.15, 0.2) is 36.4 Å². The van der Waals surface area contributed by atoms with Crippen LogP contribution >= 0.6 is 0 Å². The second-order valence-corrected chi connectivity index (χ2v) is 8.71. The average molecular weight is 389 g/mol. The molecule has 3 unspecified atom stereocenters. The van der Waals surface area contributed by atoms with E-state index < -0.39 is 16.8 Å². The number of rotatable bonds is 6. The maximum Gasteiger partial charge on any atom is 0.190 e. The van der Waals surface area contributed by atoms with Gasteiger partial charge in [-0.3, -0.25) is 0 Å². The maximum atomic E-state index is 13.6. The Morgan fingerprint density at radius 1 is 1.11 bits per heavy atom. The summed E-state index contributed by atoms with van der Waals surface area (Å²) in [6, 6.07) is 6.72. The SMILES string of the molecule is CN(C)CCCC1(c2ccc(F)cc2)OCC2CC3(C4OCCO4)C=C[C@@]21O3. The molecular weight excluding hydrogens is 361 g/mol. The Kier molecular flexibility index (Phi) is 4.41. The Hall–Kier alpha value is -1.31. The van der Waals surface area contributed by atoms with Crippen LogP contribution in [0.3, 0.4) is 0 Å². The Bertz CT molecular complexity index is 762. The summed E-state index contributed by atoms with van der Waals surface area (Å²) >= 11 is 0. The summed E-state index contributed by atoms with van der Waals surface area (Å²) < 4.78 is 38.7.